The fourth-order valence-electron chi connectivity index (χ4n) is 3.03. The third kappa shape index (κ3) is 4.52. The van der Waals surface area contributed by atoms with E-state index in [1.165, 1.54) is 16.8 Å². The van der Waals surface area contributed by atoms with Gasteiger partial charge in [-0.1, -0.05) is 37.3 Å². The van der Waals surface area contributed by atoms with Crippen LogP contribution in [0.15, 0.2) is 58.1 Å². The largest absolute Gasteiger partial charge is 0.493 e. The molecule has 2 heterocycles. The molecule has 2 aromatic rings. The number of hydrazone groups is 1. The molecule has 2 aromatic carbocycles. The van der Waals surface area contributed by atoms with Gasteiger partial charge in [-0.05, 0) is 70.1 Å². The molecular weight excluding hydrogens is 527 g/mol. The van der Waals surface area contributed by atoms with Gasteiger partial charge >= 0.3 is 0 Å². The number of aliphatic imine (C=N–C) groups is 1. The molecule has 0 unspecified atom stereocenters. The molecule has 0 fully saturated rings. The minimum Gasteiger partial charge on any atom is -0.493 e. The van der Waals surface area contributed by atoms with Crippen LogP contribution in [0.4, 0.5) is 0 Å². The van der Waals surface area contributed by atoms with E-state index in [-0.39, 0.29) is 11.4 Å². The monoisotopic (exact) mass is 546 g/mol. The Hall–Kier alpha value is -2.66. The van der Waals surface area contributed by atoms with Crippen LogP contribution < -0.4 is 9.47 Å². The highest BCUT2D eigenvalue weighted by Gasteiger charge is 2.35. The van der Waals surface area contributed by atoms with Gasteiger partial charge in [0.15, 0.2) is 17.3 Å². The van der Waals surface area contributed by atoms with Crippen LogP contribution in [-0.4, -0.2) is 34.1 Å². The summed E-state index contributed by atoms with van der Waals surface area (Å²) in [5, 5.41) is 15.5. The topological polar surface area (TPSA) is 87.3 Å². The highest BCUT2D eigenvalue weighted by Crippen LogP contribution is 2.36. The smallest absolute Gasteiger partial charge is 0.283 e. The maximum absolute atomic E-state index is 12.6. The van der Waals surface area contributed by atoms with Gasteiger partial charge in [0.2, 0.25) is 5.17 Å². The van der Waals surface area contributed by atoms with Crippen molar-refractivity contribution in [3.05, 3.63) is 62.7 Å². The van der Waals surface area contributed by atoms with Crippen molar-refractivity contribution in [3.63, 3.8) is 0 Å². The van der Waals surface area contributed by atoms with Crippen LogP contribution in [0.25, 0.3) is 6.08 Å². The van der Waals surface area contributed by atoms with Crippen molar-refractivity contribution >= 4 is 62.4 Å². The molecule has 0 radical (unpaired) electrons. The number of carbonyl (C=O) groups is 1. The second-order valence-electron chi connectivity index (χ2n) is 6.68. The Morgan fingerprint density at radius 3 is 2.74 bits per heavy atom. The van der Waals surface area contributed by atoms with Crippen LogP contribution in [0.5, 0.6) is 11.5 Å². The number of methoxy groups -OCH3 is 1. The number of thioether (sulfide) groups is 1. The average Bonchev–Trinajstić information content (AvgIpc) is 3.19. The van der Waals surface area contributed by atoms with Crippen LogP contribution >= 0.6 is 34.4 Å². The Kier molecular flexibility index (Phi) is 6.42. The van der Waals surface area contributed by atoms with Crippen LogP contribution in [-0.2, 0) is 11.4 Å². The molecule has 0 atom stereocenters. The van der Waals surface area contributed by atoms with Crippen molar-refractivity contribution in [3.8, 4) is 11.5 Å². The summed E-state index contributed by atoms with van der Waals surface area (Å²) >= 11 is 3.50. The summed E-state index contributed by atoms with van der Waals surface area (Å²) in [6.45, 7) is 2.39. The van der Waals surface area contributed by atoms with E-state index in [2.05, 4.69) is 32.7 Å². The van der Waals surface area contributed by atoms with Crippen LogP contribution in [0.3, 0.4) is 0 Å². The van der Waals surface area contributed by atoms with E-state index in [1.807, 2.05) is 43.3 Å². The molecule has 0 bridgehead atoms. The van der Waals surface area contributed by atoms with Crippen molar-refractivity contribution < 1.29 is 14.3 Å². The van der Waals surface area contributed by atoms with Gasteiger partial charge in [0.25, 0.3) is 5.91 Å². The molecule has 0 saturated heterocycles. The number of benzene rings is 2. The number of nitrogens with zero attached hydrogens (tertiary/aromatic N) is 3. The number of ether oxygens (including phenoxy) is 2. The number of carbonyl (C=O) groups excluding carboxylic acids is 1. The summed E-state index contributed by atoms with van der Waals surface area (Å²) in [5.74, 6) is 0.753. The van der Waals surface area contributed by atoms with Crippen molar-refractivity contribution in [2.24, 2.45) is 10.1 Å². The lowest BCUT2D eigenvalue weighted by atomic mass is 10.1. The number of hydrogen-bond donors (Lipinski definition) is 1. The van der Waals surface area contributed by atoms with Gasteiger partial charge in [0, 0.05) is 0 Å². The molecule has 7 nitrogen and oxygen atoms in total. The van der Waals surface area contributed by atoms with Crippen LogP contribution in [0, 0.1) is 8.98 Å². The molecule has 1 N–H and O–H groups in total. The predicted octanol–water partition coefficient (Wildman–Crippen LogP) is 4.91. The van der Waals surface area contributed by atoms with Crippen molar-refractivity contribution in [2.45, 2.75) is 20.0 Å². The number of rotatable bonds is 6. The summed E-state index contributed by atoms with van der Waals surface area (Å²) in [5.41, 5.74) is 1.95. The van der Waals surface area contributed by atoms with E-state index < -0.39 is 5.91 Å². The minimum atomic E-state index is -0.449. The first kappa shape index (κ1) is 21.6. The predicted molar refractivity (Wildman–Crippen MR) is 132 cm³/mol. The molecule has 0 aliphatic carbocycles. The fourth-order valence-corrected chi connectivity index (χ4v) is 4.64. The Morgan fingerprint density at radius 2 is 2.03 bits per heavy atom. The Bertz CT molecular complexity index is 1140. The maximum atomic E-state index is 12.6. The van der Waals surface area contributed by atoms with E-state index >= 15 is 0 Å². The molecule has 31 heavy (non-hydrogen) atoms. The fraction of sp³-hybridized carbons (Fsp3) is 0.182. The van der Waals surface area contributed by atoms with Crippen LogP contribution in [0.2, 0.25) is 0 Å². The normalized spacial score (nSPS) is 16.9. The van der Waals surface area contributed by atoms with E-state index in [0.29, 0.717) is 28.8 Å². The van der Waals surface area contributed by atoms with Gasteiger partial charge in [0.1, 0.15) is 11.7 Å². The molecule has 0 spiro atoms. The number of amidine groups is 2. The molecule has 0 aromatic heterocycles. The zero-order valence-electron chi connectivity index (χ0n) is 16.9. The lowest BCUT2D eigenvalue weighted by Gasteiger charge is -2.20. The lowest BCUT2D eigenvalue weighted by Crippen LogP contribution is -2.35. The first-order valence-electron chi connectivity index (χ1n) is 9.53. The van der Waals surface area contributed by atoms with Gasteiger partial charge in [-0.15, -0.1) is 0 Å². The minimum absolute atomic E-state index is 0.0179. The SMILES string of the molecule is CCC1=NN2C(=N)/C(=C/c3cc(I)c(OCc4ccccc4)c(OC)c3)C(=O)N=C2S1. The van der Waals surface area contributed by atoms with E-state index in [9.17, 15) is 4.79 Å². The molecule has 1 amide bonds. The van der Waals surface area contributed by atoms with Crippen molar-refractivity contribution in [1.29, 1.82) is 5.41 Å². The summed E-state index contributed by atoms with van der Waals surface area (Å²) < 4.78 is 12.4. The molecule has 158 valence electrons. The molecule has 4 rings (SSSR count). The Morgan fingerprint density at radius 1 is 1.26 bits per heavy atom. The maximum Gasteiger partial charge on any atom is 0.283 e. The van der Waals surface area contributed by atoms with Crippen LogP contribution in [0.1, 0.15) is 24.5 Å². The Balaban J connectivity index is 1.62. The molecular formula is C22H19IN4O3S. The molecule has 0 saturated carbocycles. The van der Waals surface area contributed by atoms with E-state index in [4.69, 9.17) is 14.9 Å². The number of nitrogens with one attached hydrogen (secondary N) is 1. The Labute approximate surface area is 197 Å². The zero-order chi connectivity index (χ0) is 22.0. The summed E-state index contributed by atoms with van der Waals surface area (Å²) in [7, 11) is 1.57. The van der Waals surface area contributed by atoms with Gasteiger partial charge < -0.3 is 9.47 Å². The summed E-state index contributed by atoms with van der Waals surface area (Å²) in [4.78, 5) is 16.7. The number of halogens is 1. The van der Waals surface area contributed by atoms with Gasteiger partial charge in [-0.25, -0.2) is 0 Å². The second-order valence-corrected chi connectivity index (χ2v) is 8.88. The quantitative estimate of drug-likeness (QED) is 0.411. The second kappa shape index (κ2) is 9.23. The highest BCUT2D eigenvalue weighted by atomic mass is 127. The summed E-state index contributed by atoms with van der Waals surface area (Å²) in [6.07, 6.45) is 2.36. The molecule has 9 heteroatoms. The third-order valence-corrected chi connectivity index (χ3v) is 6.44. The van der Waals surface area contributed by atoms with E-state index in [0.717, 1.165) is 20.6 Å². The third-order valence-electron chi connectivity index (χ3n) is 4.59. The molecule has 2 aliphatic rings. The zero-order valence-corrected chi connectivity index (χ0v) is 19.9. The first-order valence-corrected chi connectivity index (χ1v) is 11.4. The number of amides is 1. The molecule has 2 aliphatic heterocycles. The number of fused-ring (bicyclic) bond motifs is 1. The van der Waals surface area contributed by atoms with Gasteiger partial charge in [-0.3, -0.25) is 10.2 Å². The first-order chi connectivity index (χ1) is 15.0. The van der Waals surface area contributed by atoms with Crippen molar-refractivity contribution in [1.82, 2.24) is 5.01 Å². The lowest BCUT2D eigenvalue weighted by molar-refractivity contribution is -0.114. The van der Waals surface area contributed by atoms with E-state index in [1.54, 1.807) is 19.3 Å². The van der Waals surface area contributed by atoms with Crippen molar-refractivity contribution in [2.75, 3.05) is 7.11 Å². The highest BCUT2D eigenvalue weighted by molar-refractivity contribution is 14.1. The average molecular weight is 546 g/mol. The number of hydrogen-bond acceptors (Lipinski definition) is 6. The summed E-state index contributed by atoms with van der Waals surface area (Å²) in [6, 6.07) is 13.6. The standard InChI is InChI=1S/C22H19IN4O3S/c1-3-18-26-27-20(24)15(21(28)25-22(27)31-18)9-14-10-16(23)19(17(11-14)29-2)30-12-13-7-5-4-6-8-13/h4-11,24H,3,12H2,1-2H3/b15-9-,24-20?. The van der Waals surface area contributed by atoms with Gasteiger partial charge in [-0.2, -0.15) is 15.1 Å². The van der Waals surface area contributed by atoms with Gasteiger partial charge in [0.05, 0.1) is 16.3 Å².